The zero-order valence-corrected chi connectivity index (χ0v) is 11.0. The molecule has 1 fully saturated rings. The number of unbranched alkanes of at least 4 members (excludes halogenated alkanes) is 1. The van der Waals surface area contributed by atoms with E-state index < -0.39 is 0 Å². The van der Waals surface area contributed by atoms with Gasteiger partial charge in [0.05, 0.1) is 0 Å². The van der Waals surface area contributed by atoms with E-state index in [1.165, 1.54) is 39.1 Å². The van der Waals surface area contributed by atoms with Crippen LogP contribution < -0.4 is 11.3 Å². The predicted octanol–water partition coefficient (Wildman–Crippen LogP) is 0.174. The number of hydrazine groups is 1. The van der Waals surface area contributed by atoms with E-state index in [1.807, 2.05) is 0 Å². The molecule has 1 saturated heterocycles. The molecule has 0 aromatic carbocycles. The van der Waals surface area contributed by atoms with Gasteiger partial charge in [0.15, 0.2) is 0 Å². The highest BCUT2D eigenvalue weighted by molar-refractivity contribution is 5.75. The molecule has 0 bridgehead atoms. The number of nitrogens with two attached hydrogens (primary N) is 1. The molecule has 0 spiro atoms. The SMILES string of the molecule is CCCN1CCN(CCCCC(=O)NN)CC1. The Hall–Kier alpha value is -0.650. The van der Waals surface area contributed by atoms with Crippen LogP contribution in [0.2, 0.25) is 0 Å². The molecule has 1 amide bonds. The maximum atomic E-state index is 10.9. The molecule has 5 heteroatoms. The van der Waals surface area contributed by atoms with Crippen molar-refractivity contribution < 1.29 is 4.79 Å². The van der Waals surface area contributed by atoms with Crippen molar-refractivity contribution in [2.24, 2.45) is 5.84 Å². The van der Waals surface area contributed by atoms with E-state index in [-0.39, 0.29) is 5.91 Å². The molecular weight excluding hydrogens is 216 g/mol. The van der Waals surface area contributed by atoms with Crippen LogP contribution in [0.3, 0.4) is 0 Å². The monoisotopic (exact) mass is 242 g/mol. The molecule has 0 radical (unpaired) electrons. The Morgan fingerprint density at radius 3 is 2.24 bits per heavy atom. The van der Waals surface area contributed by atoms with Crippen molar-refractivity contribution in [1.29, 1.82) is 0 Å². The molecule has 17 heavy (non-hydrogen) atoms. The molecule has 0 aromatic heterocycles. The smallest absolute Gasteiger partial charge is 0.233 e. The van der Waals surface area contributed by atoms with Crippen LogP contribution in [0.5, 0.6) is 0 Å². The Bertz CT molecular complexity index is 215. The lowest BCUT2D eigenvalue weighted by Crippen LogP contribution is -2.46. The summed E-state index contributed by atoms with van der Waals surface area (Å²) in [6, 6.07) is 0. The number of hydrogen-bond acceptors (Lipinski definition) is 4. The molecule has 1 aliphatic rings. The van der Waals surface area contributed by atoms with Crippen molar-refractivity contribution in [2.75, 3.05) is 39.3 Å². The van der Waals surface area contributed by atoms with Gasteiger partial charge in [0, 0.05) is 32.6 Å². The van der Waals surface area contributed by atoms with Crippen molar-refractivity contribution in [1.82, 2.24) is 15.2 Å². The molecule has 100 valence electrons. The summed E-state index contributed by atoms with van der Waals surface area (Å²) in [7, 11) is 0. The van der Waals surface area contributed by atoms with E-state index in [0.29, 0.717) is 6.42 Å². The largest absolute Gasteiger partial charge is 0.301 e. The summed E-state index contributed by atoms with van der Waals surface area (Å²) >= 11 is 0. The molecule has 1 heterocycles. The van der Waals surface area contributed by atoms with Gasteiger partial charge in [0.2, 0.25) is 5.91 Å². The first-order valence-electron chi connectivity index (χ1n) is 6.70. The Balaban J connectivity index is 2.00. The minimum atomic E-state index is -0.0576. The predicted molar refractivity (Wildman–Crippen MR) is 69.4 cm³/mol. The lowest BCUT2D eigenvalue weighted by atomic mass is 10.2. The standard InChI is InChI=1S/C12H26N4O/c1-2-6-15-8-10-16(11-9-15)7-4-3-5-12(17)14-13/h2-11,13H2,1H3,(H,14,17). The highest BCUT2D eigenvalue weighted by Gasteiger charge is 2.15. The zero-order chi connectivity index (χ0) is 12.5. The van der Waals surface area contributed by atoms with Crippen molar-refractivity contribution in [2.45, 2.75) is 32.6 Å². The lowest BCUT2D eigenvalue weighted by molar-refractivity contribution is -0.121. The number of hydrogen-bond donors (Lipinski definition) is 2. The first-order chi connectivity index (χ1) is 8.26. The summed E-state index contributed by atoms with van der Waals surface area (Å²) in [6.07, 6.45) is 3.81. The van der Waals surface area contributed by atoms with E-state index >= 15 is 0 Å². The number of rotatable bonds is 7. The normalized spacial score (nSPS) is 18.2. The van der Waals surface area contributed by atoms with Crippen LogP contribution in [0.4, 0.5) is 0 Å². The second-order valence-corrected chi connectivity index (χ2v) is 4.71. The van der Waals surface area contributed by atoms with Gasteiger partial charge in [0.1, 0.15) is 0 Å². The minimum Gasteiger partial charge on any atom is -0.301 e. The van der Waals surface area contributed by atoms with Gasteiger partial charge < -0.3 is 9.80 Å². The number of nitrogens with one attached hydrogen (secondary N) is 1. The molecule has 0 unspecified atom stereocenters. The Morgan fingerprint density at radius 2 is 1.71 bits per heavy atom. The average molecular weight is 242 g/mol. The summed E-state index contributed by atoms with van der Waals surface area (Å²) in [4.78, 5) is 15.9. The number of piperazine rings is 1. The minimum absolute atomic E-state index is 0.0576. The Morgan fingerprint density at radius 1 is 1.12 bits per heavy atom. The number of carbonyl (C=O) groups excluding carboxylic acids is 1. The topological polar surface area (TPSA) is 61.6 Å². The fourth-order valence-corrected chi connectivity index (χ4v) is 2.25. The zero-order valence-electron chi connectivity index (χ0n) is 11.0. The van der Waals surface area contributed by atoms with Crippen molar-refractivity contribution in [3.05, 3.63) is 0 Å². The first kappa shape index (κ1) is 14.4. The van der Waals surface area contributed by atoms with Gasteiger partial charge in [-0.1, -0.05) is 6.92 Å². The third kappa shape index (κ3) is 6.00. The summed E-state index contributed by atoms with van der Waals surface area (Å²) < 4.78 is 0. The van der Waals surface area contributed by atoms with Crippen LogP contribution in [0.1, 0.15) is 32.6 Å². The van der Waals surface area contributed by atoms with Crippen LogP contribution in [-0.4, -0.2) is 55.0 Å². The summed E-state index contributed by atoms with van der Waals surface area (Å²) in [5.41, 5.74) is 2.16. The van der Waals surface area contributed by atoms with Gasteiger partial charge in [-0.25, -0.2) is 5.84 Å². The summed E-state index contributed by atoms with van der Waals surface area (Å²) in [6.45, 7) is 9.29. The summed E-state index contributed by atoms with van der Waals surface area (Å²) in [5.74, 6) is 4.97. The molecule has 0 atom stereocenters. The second-order valence-electron chi connectivity index (χ2n) is 4.71. The molecule has 0 saturated carbocycles. The highest BCUT2D eigenvalue weighted by atomic mass is 16.2. The highest BCUT2D eigenvalue weighted by Crippen LogP contribution is 2.05. The van der Waals surface area contributed by atoms with Crippen LogP contribution in [0.15, 0.2) is 0 Å². The third-order valence-corrected chi connectivity index (χ3v) is 3.29. The molecule has 3 N–H and O–H groups in total. The Labute approximate surface area is 104 Å². The average Bonchev–Trinajstić information content (AvgIpc) is 2.36. The van der Waals surface area contributed by atoms with Crippen molar-refractivity contribution in [3.8, 4) is 0 Å². The molecule has 1 aliphatic heterocycles. The van der Waals surface area contributed by atoms with Gasteiger partial charge in [-0.3, -0.25) is 10.2 Å². The molecule has 1 rings (SSSR count). The van der Waals surface area contributed by atoms with Gasteiger partial charge in [-0.15, -0.1) is 0 Å². The summed E-state index contributed by atoms with van der Waals surface area (Å²) in [5, 5.41) is 0. The fourth-order valence-electron chi connectivity index (χ4n) is 2.25. The van der Waals surface area contributed by atoms with Crippen LogP contribution >= 0.6 is 0 Å². The van der Waals surface area contributed by atoms with Crippen LogP contribution in [0, 0.1) is 0 Å². The van der Waals surface area contributed by atoms with Crippen molar-refractivity contribution >= 4 is 5.91 Å². The van der Waals surface area contributed by atoms with Crippen LogP contribution in [-0.2, 0) is 4.79 Å². The maximum Gasteiger partial charge on any atom is 0.233 e. The van der Waals surface area contributed by atoms with Gasteiger partial charge in [0.25, 0.3) is 0 Å². The van der Waals surface area contributed by atoms with E-state index in [1.54, 1.807) is 0 Å². The van der Waals surface area contributed by atoms with Gasteiger partial charge >= 0.3 is 0 Å². The van der Waals surface area contributed by atoms with Gasteiger partial charge in [-0.2, -0.15) is 0 Å². The maximum absolute atomic E-state index is 10.9. The Kier molecular flexibility index (Phi) is 7.16. The van der Waals surface area contributed by atoms with E-state index in [2.05, 4.69) is 22.1 Å². The van der Waals surface area contributed by atoms with Crippen LogP contribution in [0.25, 0.3) is 0 Å². The van der Waals surface area contributed by atoms with Crippen molar-refractivity contribution in [3.63, 3.8) is 0 Å². The number of carbonyl (C=O) groups is 1. The molecular formula is C12H26N4O. The lowest BCUT2D eigenvalue weighted by Gasteiger charge is -2.34. The third-order valence-electron chi connectivity index (χ3n) is 3.29. The first-order valence-corrected chi connectivity index (χ1v) is 6.70. The second kappa shape index (κ2) is 8.44. The van der Waals surface area contributed by atoms with E-state index in [4.69, 9.17) is 5.84 Å². The number of amides is 1. The molecule has 5 nitrogen and oxygen atoms in total. The number of nitrogens with zero attached hydrogens (tertiary/aromatic N) is 2. The molecule has 0 aromatic rings. The quantitative estimate of drug-likeness (QED) is 0.289. The van der Waals surface area contributed by atoms with E-state index in [9.17, 15) is 4.79 Å². The van der Waals surface area contributed by atoms with E-state index in [0.717, 1.165) is 19.4 Å². The fraction of sp³-hybridized carbons (Fsp3) is 0.917. The van der Waals surface area contributed by atoms with Gasteiger partial charge in [-0.05, 0) is 32.4 Å². The molecule has 0 aliphatic carbocycles.